The number of aromatic carboxylic acids is 1. The van der Waals surface area contributed by atoms with E-state index in [1.54, 1.807) is 16.7 Å². The summed E-state index contributed by atoms with van der Waals surface area (Å²) in [6.45, 7) is 2.43. The van der Waals surface area contributed by atoms with E-state index in [2.05, 4.69) is 5.32 Å². The molecule has 0 aliphatic rings. The average molecular weight is 590 g/mol. The van der Waals surface area contributed by atoms with Crippen molar-refractivity contribution in [1.29, 1.82) is 0 Å². The highest BCUT2D eigenvalue weighted by Gasteiger charge is 2.43. The number of halogens is 3. The van der Waals surface area contributed by atoms with Crippen molar-refractivity contribution < 1.29 is 36.6 Å². The minimum absolute atomic E-state index is 0.0165. The largest absolute Gasteiger partial charge is 0.477 e. The Morgan fingerprint density at radius 1 is 1.00 bits per heavy atom. The number of sulfonamides is 1. The summed E-state index contributed by atoms with van der Waals surface area (Å²) >= 11 is 0. The first-order valence-corrected chi connectivity index (χ1v) is 14.2. The Bertz CT molecular complexity index is 1620. The average Bonchev–Trinajstić information content (AvgIpc) is 3.29. The number of carboxylic acid groups (broad SMARTS) is 1. The number of aromatic nitrogens is 1. The SMILES string of the molecule is CC(Cc1ccc2c(c1)cc(C(=O)O)n2Cc1ccc(S(=O)(=O)N(C)C(F)(F)F)cc1)NCC(O)c1ccccc1. The Morgan fingerprint density at radius 2 is 1.63 bits per heavy atom. The molecule has 2 atom stereocenters. The van der Waals surface area contributed by atoms with Crippen LogP contribution >= 0.6 is 0 Å². The minimum Gasteiger partial charge on any atom is -0.477 e. The number of hydrogen-bond acceptors (Lipinski definition) is 5. The molecule has 0 radical (unpaired) electrons. The van der Waals surface area contributed by atoms with Crippen LogP contribution in [0.3, 0.4) is 0 Å². The molecular weight excluding hydrogens is 559 g/mol. The Balaban J connectivity index is 1.50. The van der Waals surface area contributed by atoms with E-state index in [-0.39, 0.29) is 18.3 Å². The maximum absolute atomic E-state index is 12.9. The molecule has 3 aromatic carbocycles. The summed E-state index contributed by atoms with van der Waals surface area (Å²) in [7, 11) is -4.34. The lowest BCUT2D eigenvalue weighted by molar-refractivity contribution is -0.202. The molecule has 0 aliphatic heterocycles. The van der Waals surface area contributed by atoms with E-state index in [1.807, 2.05) is 49.4 Å². The second-order valence-corrected chi connectivity index (χ2v) is 11.8. The van der Waals surface area contributed by atoms with Gasteiger partial charge in [-0.2, -0.15) is 13.2 Å². The Labute approximate surface area is 235 Å². The molecule has 1 heterocycles. The zero-order valence-electron chi connectivity index (χ0n) is 22.3. The van der Waals surface area contributed by atoms with Gasteiger partial charge in [0, 0.05) is 37.1 Å². The molecule has 0 saturated heterocycles. The molecule has 2 unspecified atom stereocenters. The van der Waals surface area contributed by atoms with E-state index in [4.69, 9.17) is 0 Å². The number of nitrogens with zero attached hydrogens (tertiary/aromatic N) is 2. The lowest BCUT2D eigenvalue weighted by Gasteiger charge is -2.19. The van der Waals surface area contributed by atoms with E-state index in [0.717, 1.165) is 23.3 Å². The highest BCUT2D eigenvalue weighted by molar-refractivity contribution is 7.89. The van der Waals surface area contributed by atoms with E-state index in [1.165, 1.54) is 12.1 Å². The van der Waals surface area contributed by atoms with Gasteiger partial charge < -0.3 is 20.1 Å². The van der Waals surface area contributed by atoms with Crippen LogP contribution in [0.2, 0.25) is 0 Å². The van der Waals surface area contributed by atoms with Crippen LogP contribution in [0.5, 0.6) is 0 Å². The second kappa shape index (κ2) is 12.0. The summed E-state index contributed by atoms with van der Waals surface area (Å²) in [4.78, 5) is 11.5. The second-order valence-electron chi connectivity index (χ2n) is 9.84. The van der Waals surface area contributed by atoms with Crippen LogP contribution < -0.4 is 5.32 Å². The van der Waals surface area contributed by atoms with Crippen LogP contribution in [0, 0.1) is 0 Å². The molecule has 3 N–H and O–H groups in total. The van der Waals surface area contributed by atoms with Crippen molar-refractivity contribution in [3.05, 3.63) is 101 Å². The zero-order valence-corrected chi connectivity index (χ0v) is 23.2. The van der Waals surface area contributed by atoms with Crippen LogP contribution in [0.15, 0.2) is 83.8 Å². The number of alkyl halides is 3. The van der Waals surface area contributed by atoms with Crippen molar-refractivity contribution in [2.75, 3.05) is 13.6 Å². The van der Waals surface area contributed by atoms with Crippen molar-refractivity contribution in [2.24, 2.45) is 0 Å². The van der Waals surface area contributed by atoms with Gasteiger partial charge >= 0.3 is 12.3 Å². The molecule has 8 nitrogen and oxygen atoms in total. The summed E-state index contributed by atoms with van der Waals surface area (Å²) in [5, 5.41) is 24.2. The van der Waals surface area contributed by atoms with E-state index in [0.29, 0.717) is 36.5 Å². The number of rotatable bonds is 11. The van der Waals surface area contributed by atoms with Crippen molar-refractivity contribution >= 4 is 26.9 Å². The first-order chi connectivity index (χ1) is 19.3. The summed E-state index contributed by atoms with van der Waals surface area (Å²) in [6, 6.07) is 21.4. The Kier molecular flexibility index (Phi) is 8.88. The first-order valence-electron chi connectivity index (χ1n) is 12.7. The molecule has 4 aromatic rings. The van der Waals surface area contributed by atoms with Gasteiger partial charge in [-0.15, -0.1) is 4.31 Å². The van der Waals surface area contributed by atoms with Crippen molar-refractivity contribution in [3.8, 4) is 0 Å². The number of carboxylic acids is 1. The third kappa shape index (κ3) is 6.96. The zero-order chi connectivity index (χ0) is 29.9. The van der Waals surface area contributed by atoms with Gasteiger partial charge in [-0.1, -0.05) is 48.5 Å². The van der Waals surface area contributed by atoms with Crippen molar-refractivity contribution in [3.63, 3.8) is 0 Å². The van der Waals surface area contributed by atoms with Gasteiger partial charge in [-0.25, -0.2) is 13.2 Å². The number of nitrogens with one attached hydrogen (secondary N) is 1. The van der Waals surface area contributed by atoms with Crippen LogP contribution in [0.1, 0.15) is 40.2 Å². The topological polar surface area (TPSA) is 112 Å². The van der Waals surface area contributed by atoms with Gasteiger partial charge in [-0.3, -0.25) is 0 Å². The molecule has 218 valence electrons. The first kappa shape index (κ1) is 30.3. The number of fused-ring (bicyclic) bond motifs is 1. The monoisotopic (exact) mass is 589 g/mol. The van der Waals surface area contributed by atoms with Crippen molar-refractivity contribution in [1.82, 2.24) is 14.2 Å². The van der Waals surface area contributed by atoms with Crippen LogP contribution in [0.25, 0.3) is 10.9 Å². The summed E-state index contributed by atoms with van der Waals surface area (Å²) in [5.74, 6) is -1.15. The molecule has 41 heavy (non-hydrogen) atoms. The number of hydrogen-bond donors (Lipinski definition) is 3. The Hall–Kier alpha value is -3.71. The number of aliphatic hydroxyl groups excluding tert-OH is 1. The lowest BCUT2D eigenvalue weighted by Crippen LogP contribution is -2.39. The van der Waals surface area contributed by atoms with E-state index >= 15 is 0 Å². The third-order valence-electron chi connectivity index (χ3n) is 6.85. The van der Waals surface area contributed by atoms with Crippen LogP contribution in [-0.2, 0) is 23.0 Å². The summed E-state index contributed by atoms with van der Waals surface area (Å²) in [6.07, 6.45) is -5.07. The summed E-state index contributed by atoms with van der Waals surface area (Å²) in [5.41, 5.74) is 2.95. The molecule has 0 saturated carbocycles. The number of aliphatic hydroxyl groups is 1. The standard InChI is InChI=1S/C29H30F3N3O5S/c1-19(33-17-27(36)22-6-4-3-5-7-22)14-21-10-13-25-23(15-21)16-26(28(37)38)35(25)18-20-8-11-24(12-9-20)41(39,40)34(2)29(30,31)32/h3-13,15-16,19,27,33,36H,14,17-18H2,1-2H3,(H,37,38). The molecular formula is C29H30F3N3O5S. The van der Waals surface area contributed by atoms with Gasteiger partial charge in [0.2, 0.25) is 10.0 Å². The fourth-order valence-corrected chi connectivity index (χ4v) is 5.64. The molecule has 0 spiro atoms. The smallest absolute Gasteiger partial charge is 0.473 e. The van der Waals surface area contributed by atoms with Gasteiger partial charge in [0.25, 0.3) is 0 Å². The van der Waals surface area contributed by atoms with Gasteiger partial charge in [0.05, 0.1) is 11.0 Å². The highest BCUT2D eigenvalue weighted by atomic mass is 32.2. The minimum atomic E-state index is -5.06. The van der Waals surface area contributed by atoms with E-state index in [9.17, 15) is 36.6 Å². The normalized spacial score (nSPS) is 13.9. The van der Waals surface area contributed by atoms with Crippen molar-refractivity contribution in [2.45, 2.75) is 43.2 Å². The van der Waals surface area contributed by atoms with Crippen LogP contribution in [0.4, 0.5) is 13.2 Å². The predicted molar refractivity (Wildman–Crippen MR) is 148 cm³/mol. The van der Waals surface area contributed by atoms with E-state index < -0.39 is 37.6 Å². The molecule has 1 aromatic heterocycles. The number of carbonyl (C=O) groups is 1. The Morgan fingerprint density at radius 3 is 2.24 bits per heavy atom. The molecule has 0 bridgehead atoms. The van der Waals surface area contributed by atoms with Gasteiger partial charge in [-0.05, 0) is 60.4 Å². The van der Waals surface area contributed by atoms with Crippen LogP contribution in [-0.4, -0.2) is 59.4 Å². The predicted octanol–water partition coefficient (Wildman–Crippen LogP) is 4.78. The van der Waals surface area contributed by atoms with Gasteiger partial charge in [0.15, 0.2) is 0 Å². The molecule has 4 rings (SSSR count). The third-order valence-corrected chi connectivity index (χ3v) is 8.65. The maximum Gasteiger partial charge on any atom is 0.473 e. The fraction of sp³-hybridized carbons (Fsp3) is 0.276. The fourth-order valence-electron chi connectivity index (χ4n) is 4.57. The molecule has 0 fully saturated rings. The lowest BCUT2D eigenvalue weighted by atomic mass is 10.0. The highest BCUT2D eigenvalue weighted by Crippen LogP contribution is 2.28. The summed E-state index contributed by atoms with van der Waals surface area (Å²) < 4.78 is 64.3. The van der Waals surface area contributed by atoms with Gasteiger partial charge in [0.1, 0.15) is 5.69 Å². The quantitative estimate of drug-likeness (QED) is 0.217. The molecule has 12 heteroatoms. The molecule has 0 amide bonds. The maximum atomic E-state index is 12.9. The molecule has 0 aliphatic carbocycles. The number of benzene rings is 3.